The Kier molecular flexibility index (Phi) is 7.65. The van der Waals surface area contributed by atoms with Crippen molar-refractivity contribution in [1.82, 2.24) is 9.97 Å². The Morgan fingerprint density at radius 2 is 1.67 bits per heavy atom. The van der Waals surface area contributed by atoms with Gasteiger partial charge in [0.2, 0.25) is 5.95 Å². The number of carbonyl (C=O) groups is 1. The van der Waals surface area contributed by atoms with Gasteiger partial charge in [0.05, 0.1) is 4.90 Å². The Labute approximate surface area is 194 Å². The summed E-state index contributed by atoms with van der Waals surface area (Å²) in [5.74, 6) is 0.677. The van der Waals surface area contributed by atoms with Crippen LogP contribution in [0.3, 0.4) is 0 Å². The molecule has 1 unspecified atom stereocenters. The molecule has 1 heterocycles. The second-order valence-electron chi connectivity index (χ2n) is 7.79. The van der Waals surface area contributed by atoms with Crippen LogP contribution in [0.15, 0.2) is 59.5 Å². The van der Waals surface area contributed by atoms with E-state index in [9.17, 15) is 13.2 Å². The molecular weight excluding hydrogens is 440 g/mol. The van der Waals surface area contributed by atoms with Gasteiger partial charge in [-0.1, -0.05) is 32.0 Å². The Balaban J connectivity index is 1.62. The van der Waals surface area contributed by atoms with Crippen molar-refractivity contribution in [1.29, 1.82) is 0 Å². The number of rotatable bonds is 9. The smallest absolute Gasteiger partial charge is 0.264 e. The van der Waals surface area contributed by atoms with Crippen molar-refractivity contribution >= 4 is 27.6 Å². The largest absolute Gasteiger partial charge is 0.483 e. The zero-order valence-electron chi connectivity index (χ0n) is 19.1. The van der Waals surface area contributed by atoms with Gasteiger partial charge in [0.1, 0.15) is 5.75 Å². The van der Waals surface area contributed by atoms with Gasteiger partial charge in [-0.05, 0) is 68.1 Å². The zero-order chi connectivity index (χ0) is 24.0. The zero-order valence-corrected chi connectivity index (χ0v) is 19.9. The molecule has 2 aromatic carbocycles. The normalized spacial score (nSPS) is 12.1. The molecule has 0 radical (unpaired) electrons. The minimum atomic E-state index is -3.87. The summed E-state index contributed by atoms with van der Waals surface area (Å²) >= 11 is 0. The van der Waals surface area contributed by atoms with E-state index >= 15 is 0 Å². The lowest BCUT2D eigenvalue weighted by Crippen LogP contribution is -2.21. The van der Waals surface area contributed by atoms with E-state index in [0.717, 1.165) is 12.0 Å². The highest BCUT2D eigenvalue weighted by Gasteiger charge is 2.17. The molecule has 2 N–H and O–H groups in total. The molecule has 0 aliphatic rings. The summed E-state index contributed by atoms with van der Waals surface area (Å²) in [6.07, 6.45) is 0.965. The van der Waals surface area contributed by atoms with E-state index in [1.807, 2.05) is 24.3 Å². The topological polar surface area (TPSA) is 110 Å². The molecule has 0 spiro atoms. The van der Waals surface area contributed by atoms with E-state index < -0.39 is 10.0 Å². The fourth-order valence-electron chi connectivity index (χ4n) is 3.25. The van der Waals surface area contributed by atoms with Gasteiger partial charge in [-0.15, -0.1) is 0 Å². The molecular formula is C24H28N4O4S. The third-order valence-corrected chi connectivity index (χ3v) is 6.42. The summed E-state index contributed by atoms with van der Waals surface area (Å²) in [6.45, 7) is 7.58. The quantitative estimate of drug-likeness (QED) is 0.481. The predicted molar refractivity (Wildman–Crippen MR) is 128 cm³/mol. The van der Waals surface area contributed by atoms with Gasteiger partial charge in [0, 0.05) is 17.1 Å². The molecule has 0 saturated heterocycles. The number of para-hydroxylation sites is 1. The highest BCUT2D eigenvalue weighted by Crippen LogP contribution is 2.28. The van der Waals surface area contributed by atoms with E-state index in [4.69, 9.17) is 4.74 Å². The first-order chi connectivity index (χ1) is 15.7. The van der Waals surface area contributed by atoms with Gasteiger partial charge < -0.3 is 10.1 Å². The first kappa shape index (κ1) is 24.2. The van der Waals surface area contributed by atoms with Crippen molar-refractivity contribution in [3.63, 3.8) is 0 Å². The maximum atomic E-state index is 12.6. The standard InChI is InChI=1S/C24H28N4O4S/c1-5-16(2)21-8-6-7-9-22(21)32-15-23(29)27-19-10-12-20(13-11-19)33(30,31)28-24-25-17(3)14-18(4)26-24/h6-14,16H,5,15H2,1-4H3,(H,27,29)(H,25,26,28). The number of aryl methyl sites for hydroxylation is 2. The summed E-state index contributed by atoms with van der Waals surface area (Å²) in [4.78, 5) is 20.6. The van der Waals surface area contributed by atoms with E-state index in [1.54, 1.807) is 19.9 Å². The first-order valence-corrected chi connectivity index (χ1v) is 12.1. The number of hydrogen-bond donors (Lipinski definition) is 2. The number of carbonyl (C=O) groups excluding carboxylic acids is 1. The van der Waals surface area contributed by atoms with Crippen molar-refractivity contribution < 1.29 is 17.9 Å². The molecule has 8 nitrogen and oxygen atoms in total. The number of aromatic nitrogens is 2. The second kappa shape index (κ2) is 10.4. The third-order valence-electron chi connectivity index (χ3n) is 5.08. The van der Waals surface area contributed by atoms with Crippen molar-refractivity contribution in [3.8, 4) is 5.75 Å². The summed E-state index contributed by atoms with van der Waals surface area (Å²) in [5, 5.41) is 2.71. The third kappa shape index (κ3) is 6.52. The molecule has 9 heteroatoms. The lowest BCUT2D eigenvalue weighted by molar-refractivity contribution is -0.118. The molecule has 1 amide bonds. The summed E-state index contributed by atoms with van der Waals surface area (Å²) in [5.41, 5.74) is 2.84. The molecule has 0 saturated carbocycles. The SMILES string of the molecule is CCC(C)c1ccccc1OCC(=O)Nc1ccc(S(=O)(=O)Nc2nc(C)cc(C)n2)cc1. The Bertz CT molecular complexity index is 1210. The maximum absolute atomic E-state index is 12.6. The van der Waals surface area contributed by atoms with Gasteiger partial charge in [0.25, 0.3) is 15.9 Å². The number of amides is 1. The molecule has 1 aromatic heterocycles. The predicted octanol–water partition coefficient (Wildman–Crippen LogP) is 4.43. The summed E-state index contributed by atoms with van der Waals surface area (Å²) in [6, 6.07) is 15.3. The van der Waals surface area contributed by atoms with Gasteiger partial charge in [0.15, 0.2) is 6.61 Å². The Hall–Kier alpha value is -3.46. The molecule has 3 rings (SSSR count). The number of ether oxygens (including phenoxy) is 1. The van der Waals surface area contributed by atoms with Crippen molar-refractivity contribution in [3.05, 3.63) is 71.5 Å². The average molecular weight is 469 g/mol. The van der Waals surface area contributed by atoms with Crippen LogP contribution in [0, 0.1) is 13.8 Å². The highest BCUT2D eigenvalue weighted by atomic mass is 32.2. The Morgan fingerprint density at radius 1 is 1.03 bits per heavy atom. The molecule has 33 heavy (non-hydrogen) atoms. The number of anilines is 2. The van der Waals surface area contributed by atoms with E-state index in [-0.39, 0.29) is 23.4 Å². The van der Waals surface area contributed by atoms with Crippen molar-refractivity contribution in [2.45, 2.75) is 44.9 Å². The minimum absolute atomic E-state index is 0.0136. The molecule has 174 valence electrons. The monoisotopic (exact) mass is 468 g/mol. The second-order valence-corrected chi connectivity index (χ2v) is 9.47. The first-order valence-electron chi connectivity index (χ1n) is 10.6. The number of nitrogens with zero attached hydrogens (tertiary/aromatic N) is 2. The number of hydrogen-bond acceptors (Lipinski definition) is 6. The molecule has 0 fully saturated rings. The molecule has 1 atom stereocenters. The fourth-order valence-corrected chi connectivity index (χ4v) is 4.19. The van der Waals surface area contributed by atoms with E-state index in [1.165, 1.54) is 24.3 Å². The van der Waals surface area contributed by atoms with E-state index in [2.05, 4.69) is 33.9 Å². The van der Waals surface area contributed by atoms with Crippen LogP contribution in [0.25, 0.3) is 0 Å². The van der Waals surface area contributed by atoms with Crippen LogP contribution >= 0.6 is 0 Å². The van der Waals surface area contributed by atoms with Gasteiger partial charge >= 0.3 is 0 Å². The van der Waals surface area contributed by atoms with Crippen molar-refractivity contribution in [2.75, 3.05) is 16.6 Å². The average Bonchev–Trinajstić information content (AvgIpc) is 2.76. The lowest BCUT2D eigenvalue weighted by Gasteiger charge is -2.15. The van der Waals surface area contributed by atoms with Gasteiger partial charge in [-0.2, -0.15) is 0 Å². The van der Waals surface area contributed by atoms with Gasteiger partial charge in [-0.25, -0.2) is 23.1 Å². The van der Waals surface area contributed by atoms with Crippen LogP contribution in [-0.2, 0) is 14.8 Å². The molecule has 0 bridgehead atoms. The van der Waals surface area contributed by atoms with Gasteiger partial charge in [-0.3, -0.25) is 4.79 Å². The molecule has 0 aliphatic heterocycles. The van der Waals surface area contributed by atoms with Crippen LogP contribution in [-0.4, -0.2) is 30.9 Å². The van der Waals surface area contributed by atoms with Crippen LogP contribution in [0.2, 0.25) is 0 Å². The minimum Gasteiger partial charge on any atom is -0.483 e. The molecule has 3 aromatic rings. The van der Waals surface area contributed by atoms with Crippen molar-refractivity contribution in [2.24, 2.45) is 0 Å². The van der Waals surface area contributed by atoms with Crippen LogP contribution in [0.4, 0.5) is 11.6 Å². The summed E-state index contributed by atoms with van der Waals surface area (Å²) < 4.78 is 33.4. The Morgan fingerprint density at radius 3 is 2.30 bits per heavy atom. The van der Waals surface area contributed by atoms with Crippen LogP contribution in [0.1, 0.15) is 43.1 Å². The number of sulfonamides is 1. The lowest BCUT2D eigenvalue weighted by atomic mass is 9.98. The van der Waals surface area contributed by atoms with Crippen LogP contribution < -0.4 is 14.8 Å². The number of benzene rings is 2. The molecule has 0 aliphatic carbocycles. The van der Waals surface area contributed by atoms with Crippen LogP contribution in [0.5, 0.6) is 5.75 Å². The fraction of sp³-hybridized carbons (Fsp3) is 0.292. The maximum Gasteiger partial charge on any atom is 0.264 e. The number of nitrogens with one attached hydrogen (secondary N) is 2. The summed E-state index contributed by atoms with van der Waals surface area (Å²) in [7, 11) is -3.87. The highest BCUT2D eigenvalue weighted by molar-refractivity contribution is 7.92. The van der Waals surface area contributed by atoms with E-state index in [0.29, 0.717) is 28.7 Å².